The Labute approximate surface area is 109 Å². The van der Waals surface area contributed by atoms with Crippen LogP contribution in [0, 0.1) is 12.8 Å². The zero-order chi connectivity index (χ0) is 12.4. The summed E-state index contributed by atoms with van der Waals surface area (Å²) in [6, 6.07) is 5.89. The van der Waals surface area contributed by atoms with Crippen LogP contribution in [0.4, 0.5) is 0 Å². The fourth-order valence-electron chi connectivity index (χ4n) is 2.15. The van der Waals surface area contributed by atoms with Gasteiger partial charge in [-0.15, -0.1) is 0 Å². The summed E-state index contributed by atoms with van der Waals surface area (Å²) < 4.78 is 6.62. The molecule has 3 nitrogen and oxygen atoms in total. The first kappa shape index (κ1) is 12.6. The van der Waals surface area contributed by atoms with Crippen LogP contribution in [0.2, 0.25) is 0 Å². The highest BCUT2D eigenvalue weighted by Gasteiger charge is 2.33. The van der Waals surface area contributed by atoms with E-state index in [2.05, 4.69) is 15.9 Å². The van der Waals surface area contributed by atoms with E-state index in [4.69, 9.17) is 4.74 Å². The SMILES string of the molecule is Cc1ccc(C2OCCCC2C(=O)O)cc1Br. The number of hydrogen-bond donors (Lipinski definition) is 1. The van der Waals surface area contributed by atoms with Crippen LogP contribution in [-0.2, 0) is 9.53 Å². The fourth-order valence-corrected chi connectivity index (χ4v) is 2.55. The van der Waals surface area contributed by atoms with Gasteiger partial charge in [0, 0.05) is 11.1 Å². The number of aryl methyl sites for hydroxylation is 1. The number of halogens is 1. The Morgan fingerprint density at radius 2 is 2.29 bits per heavy atom. The highest BCUT2D eigenvalue weighted by molar-refractivity contribution is 9.10. The van der Waals surface area contributed by atoms with Crippen LogP contribution < -0.4 is 0 Å². The number of carboxylic acids is 1. The van der Waals surface area contributed by atoms with Crippen LogP contribution in [0.1, 0.15) is 30.1 Å². The van der Waals surface area contributed by atoms with Crippen LogP contribution in [0.25, 0.3) is 0 Å². The standard InChI is InChI=1S/C13H15BrO3/c1-8-4-5-9(7-11(8)14)12-10(13(15)16)3-2-6-17-12/h4-5,7,10,12H,2-3,6H2,1H3,(H,15,16). The van der Waals surface area contributed by atoms with E-state index in [0.29, 0.717) is 13.0 Å². The van der Waals surface area contributed by atoms with Crippen LogP contribution in [0.15, 0.2) is 22.7 Å². The van der Waals surface area contributed by atoms with E-state index in [1.807, 2.05) is 25.1 Å². The molecule has 1 aliphatic rings. The number of rotatable bonds is 2. The molecule has 0 spiro atoms. The third-order valence-electron chi connectivity index (χ3n) is 3.16. The van der Waals surface area contributed by atoms with Crippen LogP contribution in [0.3, 0.4) is 0 Å². The first-order chi connectivity index (χ1) is 8.09. The number of benzene rings is 1. The van der Waals surface area contributed by atoms with Crippen molar-refractivity contribution in [3.05, 3.63) is 33.8 Å². The minimum atomic E-state index is -0.772. The number of carboxylic acid groups (broad SMARTS) is 1. The third-order valence-corrected chi connectivity index (χ3v) is 4.02. The molecule has 1 aromatic carbocycles. The number of aliphatic carboxylic acids is 1. The van der Waals surface area contributed by atoms with Gasteiger partial charge in [0.15, 0.2) is 0 Å². The van der Waals surface area contributed by atoms with E-state index >= 15 is 0 Å². The van der Waals surface area contributed by atoms with Crippen molar-refractivity contribution < 1.29 is 14.6 Å². The Balaban J connectivity index is 2.29. The molecule has 0 radical (unpaired) electrons. The third kappa shape index (κ3) is 2.69. The van der Waals surface area contributed by atoms with Gasteiger partial charge in [-0.1, -0.05) is 28.1 Å². The fraction of sp³-hybridized carbons (Fsp3) is 0.462. The lowest BCUT2D eigenvalue weighted by Gasteiger charge is -2.29. The molecular formula is C13H15BrO3. The first-order valence-electron chi connectivity index (χ1n) is 5.70. The second-order valence-electron chi connectivity index (χ2n) is 4.39. The largest absolute Gasteiger partial charge is 0.481 e. The van der Waals surface area contributed by atoms with Crippen molar-refractivity contribution in [2.45, 2.75) is 25.9 Å². The summed E-state index contributed by atoms with van der Waals surface area (Å²) in [4.78, 5) is 11.2. The molecule has 1 heterocycles. The maximum absolute atomic E-state index is 11.2. The van der Waals surface area contributed by atoms with E-state index in [1.165, 1.54) is 0 Å². The van der Waals surface area contributed by atoms with E-state index in [9.17, 15) is 9.90 Å². The van der Waals surface area contributed by atoms with Crippen molar-refractivity contribution in [2.75, 3.05) is 6.61 Å². The predicted octanol–water partition coefficient (Wildman–Crippen LogP) is 3.31. The van der Waals surface area contributed by atoms with Gasteiger partial charge in [0.2, 0.25) is 0 Å². The Hall–Kier alpha value is -0.870. The quantitative estimate of drug-likeness (QED) is 0.911. The molecule has 17 heavy (non-hydrogen) atoms. The van der Waals surface area contributed by atoms with Crippen molar-refractivity contribution >= 4 is 21.9 Å². The van der Waals surface area contributed by atoms with Gasteiger partial charge < -0.3 is 9.84 Å². The Bertz CT molecular complexity index is 431. The van der Waals surface area contributed by atoms with E-state index in [1.54, 1.807) is 0 Å². The molecule has 0 aromatic heterocycles. The zero-order valence-electron chi connectivity index (χ0n) is 9.65. The molecule has 0 saturated carbocycles. The number of carbonyl (C=O) groups is 1. The van der Waals surface area contributed by atoms with Gasteiger partial charge in [0.1, 0.15) is 0 Å². The lowest BCUT2D eigenvalue weighted by molar-refractivity contribution is -0.151. The average Bonchev–Trinajstić information content (AvgIpc) is 2.32. The lowest BCUT2D eigenvalue weighted by Crippen LogP contribution is -2.28. The molecule has 0 aliphatic carbocycles. The number of ether oxygens (including phenoxy) is 1. The van der Waals surface area contributed by atoms with Crippen LogP contribution in [-0.4, -0.2) is 17.7 Å². The minimum absolute atomic E-state index is 0.321. The maximum atomic E-state index is 11.2. The highest BCUT2D eigenvalue weighted by atomic mass is 79.9. The molecule has 1 N–H and O–H groups in total. The summed E-state index contributed by atoms with van der Waals surface area (Å²) >= 11 is 3.47. The molecule has 2 unspecified atom stereocenters. The maximum Gasteiger partial charge on any atom is 0.309 e. The van der Waals surface area contributed by atoms with Gasteiger partial charge in [-0.25, -0.2) is 0 Å². The molecule has 4 heteroatoms. The minimum Gasteiger partial charge on any atom is -0.481 e. The topological polar surface area (TPSA) is 46.5 Å². The summed E-state index contributed by atoms with van der Waals surface area (Å²) in [5, 5.41) is 9.20. The zero-order valence-corrected chi connectivity index (χ0v) is 11.2. The summed E-state index contributed by atoms with van der Waals surface area (Å²) in [6.07, 6.45) is 1.18. The Kier molecular flexibility index (Phi) is 3.84. The Morgan fingerprint density at radius 3 is 2.94 bits per heavy atom. The predicted molar refractivity (Wildman–Crippen MR) is 67.9 cm³/mol. The van der Waals surface area contributed by atoms with Gasteiger partial charge in [-0.2, -0.15) is 0 Å². The van der Waals surface area contributed by atoms with Crippen LogP contribution in [0.5, 0.6) is 0 Å². The van der Waals surface area contributed by atoms with Gasteiger partial charge >= 0.3 is 5.97 Å². The summed E-state index contributed by atoms with van der Waals surface area (Å²) in [6.45, 7) is 2.64. The number of hydrogen-bond acceptors (Lipinski definition) is 2. The van der Waals surface area contributed by atoms with E-state index in [-0.39, 0.29) is 6.10 Å². The van der Waals surface area contributed by atoms with Gasteiger partial charge in [-0.3, -0.25) is 4.79 Å². The summed E-state index contributed by atoms with van der Waals surface area (Å²) in [5.74, 6) is -1.20. The molecule has 1 aromatic rings. The molecule has 1 aliphatic heterocycles. The molecule has 1 fully saturated rings. The smallest absolute Gasteiger partial charge is 0.309 e. The average molecular weight is 299 g/mol. The van der Waals surface area contributed by atoms with Crippen molar-refractivity contribution in [3.63, 3.8) is 0 Å². The van der Waals surface area contributed by atoms with Gasteiger partial charge in [-0.05, 0) is 37.0 Å². The second kappa shape index (κ2) is 5.19. The molecular weight excluding hydrogens is 284 g/mol. The normalized spacial score (nSPS) is 24.6. The van der Waals surface area contributed by atoms with Gasteiger partial charge in [0.05, 0.1) is 12.0 Å². The van der Waals surface area contributed by atoms with E-state index in [0.717, 1.165) is 22.0 Å². The Morgan fingerprint density at radius 1 is 1.53 bits per heavy atom. The lowest BCUT2D eigenvalue weighted by atomic mass is 9.89. The molecule has 92 valence electrons. The molecule has 0 bridgehead atoms. The van der Waals surface area contributed by atoms with E-state index < -0.39 is 11.9 Å². The van der Waals surface area contributed by atoms with Crippen molar-refractivity contribution in [2.24, 2.45) is 5.92 Å². The summed E-state index contributed by atoms with van der Waals surface area (Å²) in [7, 11) is 0. The molecule has 1 saturated heterocycles. The molecule has 2 atom stereocenters. The van der Waals surface area contributed by atoms with Crippen molar-refractivity contribution in [3.8, 4) is 0 Å². The van der Waals surface area contributed by atoms with Gasteiger partial charge in [0.25, 0.3) is 0 Å². The monoisotopic (exact) mass is 298 g/mol. The second-order valence-corrected chi connectivity index (χ2v) is 5.24. The van der Waals surface area contributed by atoms with Crippen LogP contribution >= 0.6 is 15.9 Å². The van der Waals surface area contributed by atoms with Crippen molar-refractivity contribution in [1.29, 1.82) is 0 Å². The first-order valence-corrected chi connectivity index (χ1v) is 6.49. The molecule has 0 amide bonds. The van der Waals surface area contributed by atoms with Crippen molar-refractivity contribution in [1.82, 2.24) is 0 Å². The molecule has 2 rings (SSSR count). The highest BCUT2D eigenvalue weighted by Crippen LogP contribution is 2.35. The summed E-state index contributed by atoms with van der Waals surface area (Å²) in [5.41, 5.74) is 2.08.